The third-order valence-electron chi connectivity index (χ3n) is 4.50. The second kappa shape index (κ2) is 6.97. The third kappa shape index (κ3) is 3.82. The molecule has 130 valence electrons. The Kier molecular flexibility index (Phi) is 4.74. The van der Waals surface area contributed by atoms with Gasteiger partial charge < -0.3 is 15.5 Å². The van der Waals surface area contributed by atoms with E-state index in [2.05, 4.69) is 10.6 Å². The quantitative estimate of drug-likeness (QED) is 0.900. The minimum Gasteiger partial charge on any atom is -0.326 e. The maximum atomic E-state index is 12.6. The molecule has 1 fully saturated rings. The number of aryl methyl sites for hydroxylation is 3. The predicted octanol–water partition coefficient (Wildman–Crippen LogP) is 3.54. The molecule has 5 nitrogen and oxygen atoms in total. The molecule has 0 radical (unpaired) electrons. The molecule has 1 aliphatic rings. The molecular weight excluding hydrogens is 314 g/mol. The van der Waals surface area contributed by atoms with Crippen molar-refractivity contribution in [3.63, 3.8) is 0 Å². The van der Waals surface area contributed by atoms with E-state index in [9.17, 15) is 9.59 Å². The first-order valence-corrected chi connectivity index (χ1v) is 8.47. The van der Waals surface area contributed by atoms with Gasteiger partial charge >= 0.3 is 6.03 Å². The topological polar surface area (TPSA) is 61.4 Å². The zero-order valence-corrected chi connectivity index (χ0v) is 14.8. The minimum atomic E-state index is -0.494. The number of hydrogen-bond donors (Lipinski definition) is 2. The standard InChI is InChI=1S/C20H23N3O2/c1-13-5-8-16(9-6-13)23-11-10-17(19(23)24)21-20(25)22-18-12-14(2)4-7-15(18)3/h4-9,12,17H,10-11H2,1-3H3,(H2,21,22,25)/t17-/m1/s1. The molecule has 3 rings (SSSR count). The summed E-state index contributed by atoms with van der Waals surface area (Å²) in [5.41, 5.74) is 4.84. The molecule has 0 bridgehead atoms. The van der Waals surface area contributed by atoms with E-state index in [1.165, 1.54) is 0 Å². The van der Waals surface area contributed by atoms with Gasteiger partial charge in [-0.25, -0.2) is 4.79 Å². The van der Waals surface area contributed by atoms with Crippen LogP contribution in [0.4, 0.5) is 16.2 Å². The summed E-state index contributed by atoms with van der Waals surface area (Å²) in [5, 5.41) is 5.63. The van der Waals surface area contributed by atoms with Crippen LogP contribution in [0.15, 0.2) is 42.5 Å². The molecule has 0 spiro atoms. The molecule has 3 amide bonds. The molecule has 0 aliphatic carbocycles. The second-order valence-electron chi connectivity index (χ2n) is 6.58. The minimum absolute atomic E-state index is 0.0695. The number of carbonyl (C=O) groups is 2. The Morgan fingerprint density at radius 3 is 2.44 bits per heavy atom. The summed E-state index contributed by atoms with van der Waals surface area (Å²) < 4.78 is 0. The van der Waals surface area contributed by atoms with Gasteiger partial charge in [-0.15, -0.1) is 0 Å². The number of anilines is 2. The van der Waals surface area contributed by atoms with Gasteiger partial charge in [-0.05, 0) is 56.5 Å². The van der Waals surface area contributed by atoms with Crippen molar-refractivity contribution in [3.8, 4) is 0 Å². The van der Waals surface area contributed by atoms with Gasteiger partial charge in [-0.1, -0.05) is 29.8 Å². The van der Waals surface area contributed by atoms with Crippen LogP contribution in [0.25, 0.3) is 0 Å². The van der Waals surface area contributed by atoms with Crippen molar-refractivity contribution in [1.29, 1.82) is 0 Å². The number of rotatable bonds is 3. The number of carbonyl (C=O) groups excluding carboxylic acids is 2. The maximum Gasteiger partial charge on any atom is 0.319 e. The second-order valence-corrected chi connectivity index (χ2v) is 6.58. The van der Waals surface area contributed by atoms with Gasteiger partial charge in [-0.2, -0.15) is 0 Å². The molecule has 5 heteroatoms. The van der Waals surface area contributed by atoms with Crippen LogP contribution in [0.5, 0.6) is 0 Å². The summed E-state index contributed by atoms with van der Waals surface area (Å²) in [6, 6.07) is 12.9. The highest BCUT2D eigenvalue weighted by Crippen LogP contribution is 2.22. The van der Waals surface area contributed by atoms with Crippen LogP contribution < -0.4 is 15.5 Å². The van der Waals surface area contributed by atoms with Gasteiger partial charge in [0.1, 0.15) is 6.04 Å². The van der Waals surface area contributed by atoms with Crippen molar-refractivity contribution in [1.82, 2.24) is 5.32 Å². The van der Waals surface area contributed by atoms with Crippen molar-refractivity contribution in [2.45, 2.75) is 33.2 Å². The molecule has 2 aromatic rings. The summed E-state index contributed by atoms with van der Waals surface area (Å²) in [4.78, 5) is 26.6. The lowest BCUT2D eigenvalue weighted by molar-refractivity contribution is -0.118. The van der Waals surface area contributed by atoms with E-state index in [0.717, 1.165) is 28.1 Å². The maximum absolute atomic E-state index is 12.6. The lowest BCUT2D eigenvalue weighted by Gasteiger charge is -2.18. The molecule has 1 heterocycles. The zero-order chi connectivity index (χ0) is 18.0. The largest absolute Gasteiger partial charge is 0.326 e. The van der Waals surface area contributed by atoms with E-state index < -0.39 is 6.04 Å². The van der Waals surface area contributed by atoms with Crippen LogP contribution in [-0.2, 0) is 4.79 Å². The fraction of sp³-hybridized carbons (Fsp3) is 0.300. The lowest BCUT2D eigenvalue weighted by atomic mass is 10.1. The first kappa shape index (κ1) is 17.0. The van der Waals surface area contributed by atoms with Crippen LogP contribution in [0.1, 0.15) is 23.1 Å². The third-order valence-corrected chi connectivity index (χ3v) is 4.50. The smallest absolute Gasteiger partial charge is 0.319 e. The van der Waals surface area contributed by atoms with Crippen molar-refractivity contribution in [3.05, 3.63) is 59.2 Å². The molecule has 0 aromatic heterocycles. The van der Waals surface area contributed by atoms with Crippen LogP contribution >= 0.6 is 0 Å². The van der Waals surface area contributed by atoms with E-state index in [4.69, 9.17) is 0 Å². The Balaban J connectivity index is 1.63. The Hall–Kier alpha value is -2.82. The highest BCUT2D eigenvalue weighted by molar-refractivity contribution is 6.02. The Morgan fingerprint density at radius 2 is 1.72 bits per heavy atom. The first-order chi connectivity index (χ1) is 11.9. The van der Waals surface area contributed by atoms with Crippen LogP contribution in [0, 0.1) is 20.8 Å². The summed E-state index contributed by atoms with van der Waals surface area (Å²) in [7, 11) is 0. The van der Waals surface area contributed by atoms with Crippen LogP contribution in [0.2, 0.25) is 0 Å². The lowest BCUT2D eigenvalue weighted by Crippen LogP contribution is -2.43. The van der Waals surface area contributed by atoms with Gasteiger partial charge in [0.2, 0.25) is 5.91 Å². The number of nitrogens with one attached hydrogen (secondary N) is 2. The van der Waals surface area contributed by atoms with Crippen LogP contribution in [-0.4, -0.2) is 24.5 Å². The molecule has 2 aromatic carbocycles. The number of nitrogens with zero attached hydrogens (tertiary/aromatic N) is 1. The Labute approximate surface area is 148 Å². The van der Waals surface area contributed by atoms with Crippen molar-refractivity contribution >= 4 is 23.3 Å². The van der Waals surface area contributed by atoms with E-state index in [0.29, 0.717) is 13.0 Å². The average molecular weight is 337 g/mol. The van der Waals surface area contributed by atoms with E-state index in [1.54, 1.807) is 4.90 Å². The number of hydrogen-bond acceptors (Lipinski definition) is 2. The Bertz CT molecular complexity index is 799. The molecule has 25 heavy (non-hydrogen) atoms. The number of amides is 3. The summed E-state index contributed by atoms with van der Waals surface area (Å²) in [5.74, 6) is -0.0695. The van der Waals surface area contributed by atoms with Crippen molar-refractivity contribution in [2.75, 3.05) is 16.8 Å². The van der Waals surface area contributed by atoms with Gasteiger partial charge in [0.15, 0.2) is 0 Å². The van der Waals surface area contributed by atoms with Crippen molar-refractivity contribution in [2.24, 2.45) is 0 Å². The van der Waals surface area contributed by atoms with Gasteiger partial charge in [0.25, 0.3) is 0 Å². The molecule has 1 saturated heterocycles. The number of urea groups is 1. The van der Waals surface area contributed by atoms with E-state index in [1.807, 2.05) is 63.2 Å². The van der Waals surface area contributed by atoms with E-state index in [-0.39, 0.29) is 11.9 Å². The molecule has 1 atom stereocenters. The molecule has 0 unspecified atom stereocenters. The summed E-state index contributed by atoms with van der Waals surface area (Å²) in [6.07, 6.45) is 0.604. The molecular formula is C20H23N3O2. The van der Waals surface area contributed by atoms with Gasteiger partial charge in [-0.3, -0.25) is 4.79 Å². The van der Waals surface area contributed by atoms with Crippen LogP contribution in [0.3, 0.4) is 0 Å². The molecule has 0 saturated carbocycles. The SMILES string of the molecule is Cc1ccc(N2CC[C@@H](NC(=O)Nc3cc(C)ccc3C)C2=O)cc1. The molecule has 2 N–H and O–H groups in total. The Morgan fingerprint density at radius 1 is 1.04 bits per heavy atom. The normalized spacial score (nSPS) is 16.8. The predicted molar refractivity (Wildman–Crippen MR) is 100 cm³/mol. The van der Waals surface area contributed by atoms with Crippen molar-refractivity contribution < 1.29 is 9.59 Å². The molecule has 1 aliphatic heterocycles. The number of benzene rings is 2. The zero-order valence-electron chi connectivity index (χ0n) is 14.8. The van der Waals surface area contributed by atoms with Gasteiger partial charge in [0.05, 0.1) is 0 Å². The summed E-state index contributed by atoms with van der Waals surface area (Å²) in [6.45, 7) is 6.53. The first-order valence-electron chi connectivity index (χ1n) is 8.47. The average Bonchev–Trinajstić information content (AvgIpc) is 2.92. The van der Waals surface area contributed by atoms with E-state index >= 15 is 0 Å². The van der Waals surface area contributed by atoms with Gasteiger partial charge in [0, 0.05) is 17.9 Å². The monoisotopic (exact) mass is 337 g/mol. The highest BCUT2D eigenvalue weighted by Gasteiger charge is 2.33. The summed E-state index contributed by atoms with van der Waals surface area (Å²) >= 11 is 0. The fourth-order valence-electron chi connectivity index (χ4n) is 2.98. The highest BCUT2D eigenvalue weighted by atomic mass is 16.2. The fourth-order valence-corrected chi connectivity index (χ4v) is 2.98.